The molecule has 0 saturated carbocycles. The van der Waals surface area contributed by atoms with Gasteiger partial charge in [0, 0.05) is 6.20 Å². The van der Waals surface area contributed by atoms with E-state index in [1.54, 1.807) is 12.1 Å². The molecule has 0 radical (unpaired) electrons. The molecule has 4 nitrogen and oxygen atoms in total. The molecule has 1 aromatic heterocycles. The molecule has 0 bridgehead atoms. The number of hydrogen-bond acceptors (Lipinski definition) is 3. The second-order valence-electron chi connectivity index (χ2n) is 5.94. The van der Waals surface area contributed by atoms with Gasteiger partial charge in [-0.05, 0) is 59.7 Å². The van der Waals surface area contributed by atoms with Crippen LogP contribution in [-0.4, -0.2) is 13.4 Å². The van der Waals surface area contributed by atoms with Crippen LogP contribution in [-0.2, 0) is 16.2 Å². The predicted molar refractivity (Wildman–Crippen MR) is 92.7 cm³/mol. The van der Waals surface area contributed by atoms with Crippen molar-refractivity contribution in [2.24, 2.45) is 5.14 Å². The Bertz CT molecular complexity index is 984. The molecule has 1 aromatic carbocycles. The number of sulfonamides is 1. The highest BCUT2D eigenvalue weighted by Gasteiger charge is 2.34. The molecule has 2 aromatic rings. The second-order valence-corrected chi connectivity index (χ2v) is 7.86. The highest BCUT2D eigenvalue weighted by Crippen LogP contribution is 2.42. The molecular formula is C17H14ClF3N2O2S. The van der Waals surface area contributed by atoms with Crippen molar-refractivity contribution < 1.29 is 21.6 Å². The average Bonchev–Trinajstić information content (AvgIpc) is 3.03. The zero-order chi connectivity index (χ0) is 19.1. The molecule has 26 heavy (non-hydrogen) atoms. The molecule has 0 fully saturated rings. The summed E-state index contributed by atoms with van der Waals surface area (Å²) in [6, 6.07) is 6.99. The van der Waals surface area contributed by atoms with E-state index in [1.165, 1.54) is 18.3 Å². The fraction of sp³-hybridized carbons (Fsp3) is 0.235. The first-order chi connectivity index (χ1) is 12.1. The number of halogens is 4. The third-order valence-corrected chi connectivity index (χ3v) is 5.47. The molecule has 0 aliphatic heterocycles. The Morgan fingerprint density at radius 3 is 2.15 bits per heavy atom. The highest BCUT2D eigenvalue weighted by molar-refractivity contribution is 7.89. The van der Waals surface area contributed by atoms with E-state index >= 15 is 0 Å². The number of nitrogens with two attached hydrogens (primary N) is 1. The fourth-order valence-electron chi connectivity index (χ4n) is 3.04. The first kappa shape index (κ1) is 18.9. The van der Waals surface area contributed by atoms with Gasteiger partial charge in [-0.1, -0.05) is 23.7 Å². The van der Waals surface area contributed by atoms with Crippen LogP contribution in [0.2, 0.25) is 5.15 Å². The van der Waals surface area contributed by atoms with Crippen LogP contribution >= 0.6 is 11.6 Å². The molecule has 0 unspecified atom stereocenters. The van der Waals surface area contributed by atoms with E-state index in [0.717, 1.165) is 29.2 Å². The van der Waals surface area contributed by atoms with E-state index in [-0.39, 0.29) is 4.90 Å². The van der Waals surface area contributed by atoms with Crippen LogP contribution in [0, 0.1) is 0 Å². The van der Waals surface area contributed by atoms with Gasteiger partial charge in [-0.2, -0.15) is 13.2 Å². The Kier molecular flexibility index (Phi) is 4.85. The molecule has 0 spiro atoms. The molecule has 1 heterocycles. The normalized spacial score (nSPS) is 15.6. The van der Waals surface area contributed by atoms with E-state index in [0.29, 0.717) is 18.4 Å². The van der Waals surface area contributed by atoms with Crippen molar-refractivity contribution in [1.82, 2.24) is 4.98 Å². The Morgan fingerprint density at radius 2 is 1.62 bits per heavy atom. The lowest BCUT2D eigenvalue weighted by Gasteiger charge is -2.13. The van der Waals surface area contributed by atoms with Gasteiger partial charge in [0.25, 0.3) is 0 Å². The standard InChI is InChI=1S/C17H14ClF3N2O2S/c18-16-15(17(19,20)21)8-11(9-23-16)14-3-1-2-13(14)10-4-6-12(7-5-10)26(22,24)25/h4-9H,1-3H2,(H2,22,24,25). The highest BCUT2D eigenvalue weighted by atomic mass is 35.5. The maximum absolute atomic E-state index is 13.1. The van der Waals surface area contributed by atoms with Crippen molar-refractivity contribution in [3.63, 3.8) is 0 Å². The molecule has 0 amide bonds. The van der Waals surface area contributed by atoms with Gasteiger partial charge in [-0.15, -0.1) is 0 Å². The number of benzene rings is 1. The topological polar surface area (TPSA) is 73.1 Å². The molecule has 1 aliphatic rings. The summed E-state index contributed by atoms with van der Waals surface area (Å²) in [5.41, 5.74) is 1.75. The van der Waals surface area contributed by atoms with E-state index in [4.69, 9.17) is 16.7 Å². The van der Waals surface area contributed by atoms with Crippen molar-refractivity contribution >= 4 is 32.8 Å². The lowest BCUT2D eigenvalue weighted by atomic mass is 9.97. The Morgan fingerprint density at radius 1 is 1.04 bits per heavy atom. The molecule has 3 rings (SSSR count). The third kappa shape index (κ3) is 3.77. The fourth-order valence-corrected chi connectivity index (χ4v) is 3.76. The van der Waals surface area contributed by atoms with E-state index in [9.17, 15) is 21.6 Å². The van der Waals surface area contributed by atoms with Gasteiger partial charge in [0.1, 0.15) is 5.15 Å². The van der Waals surface area contributed by atoms with Gasteiger partial charge in [0.2, 0.25) is 10.0 Å². The van der Waals surface area contributed by atoms with Crippen molar-refractivity contribution in [1.29, 1.82) is 0 Å². The minimum absolute atomic E-state index is 0.0195. The van der Waals surface area contributed by atoms with Crippen LogP contribution in [0.5, 0.6) is 0 Å². The monoisotopic (exact) mass is 402 g/mol. The van der Waals surface area contributed by atoms with Gasteiger partial charge in [-0.25, -0.2) is 18.5 Å². The average molecular weight is 403 g/mol. The zero-order valence-corrected chi connectivity index (χ0v) is 14.9. The Hall–Kier alpha value is -1.90. The number of rotatable bonds is 3. The number of pyridine rings is 1. The summed E-state index contributed by atoms with van der Waals surface area (Å²) in [4.78, 5) is 3.66. The van der Waals surface area contributed by atoms with Crippen LogP contribution in [0.15, 0.2) is 41.4 Å². The van der Waals surface area contributed by atoms with Crippen molar-refractivity contribution in [2.45, 2.75) is 30.3 Å². The van der Waals surface area contributed by atoms with Crippen molar-refractivity contribution in [3.8, 4) is 0 Å². The second kappa shape index (κ2) is 6.68. The van der Waals surface area contributed by atoms with E-state index < -0.39 is 26.9 Å². The quantitative estimate of drug-likeness (QED) is 0.768. The van der Waals surface area contributed by atoms with Crippen LogP contribution in [0.4, 0.5) is 13.2 Å². The lowest BCUT2D eigenvalue weighted by molar-refractivity contribution is -0.137. The summed E-state index contributed by atoms with van der Waals surface area (Å²) in [5.74, 6) is 0. The number of allylic oxidation sites excluding steroid dienone is 2. The molecular weight excluding hydrogens is 389 g/mol. The smallest absolute Gasteiger partial charge is 0.243 e. The summed E-state index contributed by atoms with van der Waals surface area (Å²) >= 11 is 5.59. The van der Waals surface area contributed by atoms with Gasteiger partial charge in [-0.3, -0.25) is 0 Å². The van der Waals surface area contributed by atoms with Gasteiger partial charge < -0.3 is 0 Å². The summed E-state index contributed by atoms with van der Waals surface area (Å²) < 4.78 is 62.0. The first-order valence-electron chi connectivity index (χ1n) is 7.66. The third-order valence-electron chi connectivity index (χ3n) is 4.24. The molecule has 1 aliphatic carbocycles. The number of aromatic nitrogens is 1. The Balaban J connectivity index is 2.07. The summed E-state index contributed by atoms with van der Waals surface area (Å²) in [6.07, 6.45) is -1.19. The minimum atomic E-state index is -4.59. The largest absolute Gasteiger partial charge is 0.419 e. The summed E-state index contributed by atoms with van der Waals surface area (Å²) in [6.45, 7) is 0. The van der Waals surface area contributed by atoms with E-state index in [2.05, 4.69) is 4.98 Å². The molecule has 0 atom stereocenters. The number of alkyl halides is 3. The van der Waals surface area contributed by atoms with Gasteiger partial charge in [0.05, 0.1) is 10.5 Å². The maximum Gasteiger partial charge on any atom is 0.419 e. The number of primary sulfonamides is 1. The van der Waals surface area contributed by atoms with E-state index in [1.807, 2.05) is 0 Å². The summed E-state index contributed by atoms with van der Waals surface area (Å²) in [5, 5.41) is 4.50. The SMILES string of the molecule is NS(=O)(=O)c1ccc(C2=C(c3cnc(Cl)c(C(F)(F)F)c3)CCC2)cc1. The maximum atomic E-state index is 13.1. The molecule has 2 N–H and O–H groups in total. The van der Waals surface area contributed by atoms with Crippen molar-refractivity contribution in [2.75, 3.05) is 0 Å². The molecule has 0 saturated heterocycles. The molecule has 138 valence electrons. The number of nitrogens with zero attached hydrogens (tertiary/aromatic N) is 1. The van der Waals surface area contributed by atoms with Crippen LogP contribution in [0.25, 0.3) is 11.1 Å². The minimum Gasteiger partial charge on any atom is -0.243 e. The number of hydrogen-bond donors (Lipinski definition) is 1. The van der Waals surface area contributed by atoms with Crippen LogP contribution < -0.4 is 5.14 Å². The first-order valence-corrected chi connectivity index (χ1v) is 9.58. The van der Waals surface area contributed by atoms with Crippen LogP contribution in [0.1, 0.15) is 36.0 Å². The molecule has 9 heteroatoms. The van der Waals surface area contributed by atoms with Crippen LogP contribution in [0.3, 0.4) is 0 Å². The van der Waals surface area contributed by atoms with Gasteiger partial charge in [0.15, 0.2) is 0 Å². The Labute approximate surface area is 153 Å². The predicted octanol–water partition coefficient (Wildman–Crippen LogP) is 4.50. The van der Waals surface area contributed by atoms with Crippen molar-refractivity contribution in [3.05, 3.63) is 58.4 Å². The van der Waals surface area contributed by atoms with Gasteiger partial charge >= 0.3 is 6.18 Å². The summed E-state index contributed by atoms with van der Waals surface area (Å²) in [7, 11) is -3.80. The zero-order valence-electron chi connectivity index (χ0n) is 13.3. The lowest BCUT2D eigenvalue weighted by Crippen LogP contribution is -2.11.